The summed E-state index contributed by atoms with van der Waals surface area (Å²) >= 11 is 3.44. The minimum Gasteiger partial charge on any atom is -0.372 e. The van der Waals surface area contributed by atoms with Gasteiger partial charge in [0.25, 0.3) is 0 Å². The molecule has 2 aromatic rings. The number of nitrogens with one attached hydrogen (secondary N) is 1. The lowest BCUT2D eigenvalue weighted by molar-refractivity contribution is 0.107. The summed E-state index contributed by atoms with van der Waals surface area (Å²) in [5.41, 5.74) is 3.73. The molecule has 2 nitrogen and oxygen atoms in total. The molecular weight excluding hydrogens is 326 g/mol. The molecule has 0 aliphatic rings. The Bertz CT molecular complexity index is 539. The van der Waals surface area contributed by atoms with E-state index in [1.165, 1.54) is 16.7 Å². The second kappa shape index (κ2) is 8.98. The number of benzene rings is 2. The van der Waals surface area contributed by atoms with Crippen LogP contribution in [0.2, 0.25) is 0 Å². The van der Waals surface area contributed by atoms with Gasteiger partial charge in [0.15, 0.2) is 0 Å². The fraction of sp³-hybridized carbons (Fsp3) is 0.333. The van der Waals surface area contributed by atoms with Crippen LogP contribution in [0.4, 0.5) is 0 Å². The van der Waals surface area contributed by atoms with E-state index in [4.69, 9.17) is 4.74 Å². The van der Waals surface area contributed by atoms with Crippen molar-refractivity contribution in [2.45, 2.75) is 33.1 Å². The van der Waals surface area contributed by atoms with Gasteiger partial charge < -0.3 is 10.1 Å². The van der Waals surface area contributed by atoms with Crippen molar-refractivity contribution in [3.05, 3.63) is 69.7 Å². The van der Waals surface area contributed by atoms with Gasteiger partial charge >= 0.3 is 0 Å². The quantitative estimate of drug-likeness (QED) is 0.701. The van der Waals surface area contributed by atoms with Gasteiger partial charge in [0.2, 0.25) is 0 Å². The number of ether oxygens (including phenoxy) is 1. The Balaban J connectivity index is 1.79. The average Bonchev–Trinajstić information content (AvgIpc) is 2.50. The number of halogens is 1. The molecule has 0 saturated carbocycles. The highest BCUT2D eigenvalue weighted by atomic mass is 79.9. The van der Waals surface area contributed by atoms with Gasteiger partial charge in [0.1, 0.15) is 0 Å². The van der Waals surface area contributed by atoms with E-state index in [1.54, 1.807) is 0 Å². The molecule has 0 aliphatic heterocycles. The molecule has 0 unspecified atom stereocenters. The number of rotatable bonds is 8. The Labute approximate surface area is 135 Å². The minimum atomic E-state index is 0.644. The van der Waals surface area contributed by atoms with Crippen molar-refractivity contribution in [3.8, 4) is 0 Å². The SMILES string of the molecule is CCCNCc1cccc(COCc2ccc(Br)cc2)c1. The summed E-state index contributed by atoms with van der Waals surface area (Å²) in [4.78, 5) is 0. The predicted octanol–water partition coefficient (Wildman–Crippen LogP) is 4.67. The molecule has 0 spiro atoms. The molecule has 0 aliphatic carbocycles. The number of hydrogen-bond donors (Lipinski definition) is 1. The van der Waals surface area contributed by atoms with Crippen LogP contribution in [-0.2, 0) is 24.5 Å². The minimum absolute atomic E-state index is 0.644. The van der Waals surface area contributed by atoms with Crippen molar-refractivity contribution in [2.75, 3.05) is 6.54 Å². The largest absolute Gasteiger partial charge is 0.372 e. The molecule has 0 bridgehead atoms. The maximum atomic E-state index is 5.79. The molecule has 3 heteroatoms. The Hall–Kier alpha value is -1.16. The van der Waals surface area contributed by atoms with Crippen LogP contribution in [0.1, 0.15) is 30.0 Å². The zero-order valence-corrected chi connectivity index (χ0v) is 14.0. The summed E-state index contributed by atoms with van der Waals surface area (Å²) in [5, 5.41) is 3.42. The predicted molar refractivity (Wildman–Crippen MR) is 91.1 cm³/mol. The molecule has 112 valence electrons. The van der Waals surface area contributed by atoms with Gasteiger partial charge in [0, 0.05) is 11.0 Å². The van der Waals surface area contributed by atoms with Crippen molar-refractivity contribution in [1.29, 1.82) is 0 Å². The Morgan fingerprint density at radius 2 is 1.67 bits per heavy atom. The molecule has 2 aromatic carbocycles. The zero-order valence-electron chi connectivity index (χ0n) is 12.4. The van der Waals surface area contributed by atoms with Crippen molar-refractivity contribution in [2.24, 2.45) is 0 Å². The molecule has 0 fully saturated rings. The van der Waals surface area contributed by atoms with E-state index in [0.717, 1.165) is 24.0 Å². The van der Waals surface area contributed by atoms with Gasteiger partial charge in [-0.3, -0.25) is 0 Å². The van der Waals surface area contributed by atoms with Crippen LogP contribution in [-0.4, -0.2) is 6.54 Å². The smallest absolute Gasteiger partial charge is 0.0721 e. The third-order valence-electron chi connectivity index (χ3n) is 3.20. The van der Waals surface area contributed by atoms with Crippen LogP contribution in [0, 0.1) is 0 Å². The van der Waals surface area contributed by atoms with Gasteiger partial charge in [-0.25, -0.2) is 0 Å². The van der Waals surface area contributed by atoms with Gasteiger partial charge in [-0.15, -0.1) is 0 Å². The Morgan fingerprint density at radius 1 is 0.952 bits per heavy atom. The molecule has 1 N–H and O–H groups in total. The van der Waals surface area contributed by atoms with Crippen molar-refractivity contribution < 1.29 is 4.74 Å². The summed E-state index contributed by atoms with van der Waals surface area (Å²) in [6.07, 6.45) is 1.16. The van der Waals surface area contributed by atoms with Crippen LogP contribution < -0.4 is 5.32 Å². The first-order valence-electron chi connectivity index (χ1n) is 7.38. The Morgan fingerprint density at radius 3 is 2.43 bits per heavy atom. The van der Waals surface area contributed by atoms with Crippen LogP contribution in [0.25, 0.3) is 0 Å². The normalized spacial score (nSPS) is 10.8. The van der Waals surface area contributed by atoms with Crippen molar-refractivity contribution in [1.82, 2.24) is 5.32 Å². The van der Waals surface area contributed by atoms with Crippen LogP contribution in [0.3, 0.4) is 0 Å². The molecular formula is C18H22BrNO. The molecule has 0 amide bonds. The molecule has 2 rings (SSSR count). The molecule has 0 heterocycles. The van der Waals surface area contributed by atoms with Crippen molar-refractivity contribution >= 4 is 15.9 Å². The summed E-state index contributed by atoms with van der Waals surface area (Å²) in [6, 6.07) is 16.8. The summed E-state index contributed by atoms with van der Waals surface area (Å²) < 4.78 is 6.89. The van der Waals surface area contributed by atoms with Gasteiger partial charge in [-0.1, -0.05) is 59.3 Å². The van der Waals surface area contributed by atoms with E-state index in [9.17, 15) is 0 Å². The van der Waals surface area contributed by atoms with Crippen LogP contribution in [0.15, 0.2) is 53.0 Å². The van der Waals surface area contributed by atoms with Gasteiger partial charge in [-0.2, -0.15) is 0 Å². The standard InChI is InChI=1S/C18H22BrNO/c1-2-10-20-12-16-4-3-5-17(11-16)14-21-13-15-6-8-18(19)9-7-15/h3-9,11,20H,2,10,12-14H2,1H3. The van der Waals surface area contributed by atoms with E-state index in [2.05, 4.69) is 64.6 Å². The maximum absolute atomic E-state index is 5.79. The third kappa shape index (κ3) is 6.00. The molecule has 0 atom stereocenters. The monoisotopic (exact) mass is 347 g/mol. The summed E-state index contributed by atoms with van der Waals surface area (Å²) in [5.74, 6) is 0. The first-order chi connectivity index (χ1) is 10.3. The highest BCUT2D eigenvalue weighted by Gasteiger charge is 1.98. The van der Waals surface area contributed by atoms with E-state index in [-0.39, 0.29) is 0 Å². The first kappa shape index (κ1) is 16.2. The maximum Gasteiger partial charge on any atom is 0.0721 e. The fourth-order valence-corrected chi connectivity index (χ4v) is 2.37. The second-order valence-corrected chi connectivity index (χ2v) is 6.03. The summed E-state index contributed by atoms with van der Waals surface area (Å²) in [6.45, 7) is 5.46. The average molecular weight is 348 g/mol. The van der Waals surface area contributed by atoms with Gasteiger partial charge in [-0.05, 0) is 41.8 Å². The third-order valence-corrected chi connectivity index (χ3v) is 3.73. The second-order valence-electron chi connectivity index (χ2n) is 5.12. The van der Waals surface area contributed by atoms with Crippen molar-refractivity contribution in [3.63, 3.8) is 0 Å². The topological polar surface area (TPSA) is 21.3 Å². The molecule has 0 aromatic heterocycles. The zero-order chi connectivity index (χ0) is 14.9. The van der Waals surface area contributed by atoms with E-state index in [1.807, 2.05) is 12.1 Å². The lowest BCUT2D eigenvalue weighted by Crippen LogP contribution is -2.13. The highest BCUT2D eigenvalue weighted by Crippen LogP contribution is 2.12. The van der Waals surface area contributed by atoms with E-state index in [0.29, 0.717) is 13.2 Å². The lowest BCUT2D eigenvalue weighted by atomic mass is 10.1. The van der Waals surface area contributed by atoms with Crippen LogP contribution in [0.5, 0.6) is 0 Å². The van der Waals surface area contributed by atoms with E-state index < -0.39 is 0 Å². The molecule has 0 saturated heterocycles. The lowest BCUT2D eigenvalue weighted by Gasteiger charge is -2.08. The van der Waals surface area contributed by atoms with Gasteiger partial charge in [0.05, 0.1) is 13.2 Å². The van der Waals surface area contributed by atoms with Crippen LogP contribution >= 0.6 is 15.9 Å². The number of hydrogen-bond acceptors (Lipinski definition) is 2. The Kier molecular flexibility index (Phi) is 6.93. The first-order valence-corrected chi connectivity index (χ1v) is 8.18. The fourth-order valence-electron chi connectivity index (χ4n) is 2.11. The summed E-state index contributed by atoms with van der Waals surface area (Å²) in [7, 11) is 0. The van der Waals surface area contributed by atoms with E-state index >= 15 is 0 Å². The molecule has 0 radical (unpaired) electrons. The highest BCUT2D eigenvalue weighted by molar-refractivity contribution is 9.10. The molecule has 21 heavy (non-hydrogen) atoms.